The predicted octanol–water partition coefficient (Wildman–Crippen LogP) is 3.96. The van der Waals surface area contributed by atoms with Gasteiger partial charge in [-0.1, -0.05) is 19.3 Å². The minimum atomic E-state index is -0.130. The molecule has 0 spiro atoms. The molecule has 1 aromatic rings. The van der Waals surface area contributed by atoms with Crippen molar-refractivity contribution in [1.82, 2.24) is 4.90 Å². The zero-order valence-electron chi connectivity index (χ0n) is 17.5. The molecule has 154 valence electrons. The van der Waals surface area contributed by atoms with Gasteiger partial charge in [0.05, 0.1) is 10.9 Å². The topological polar surface area (TPSA) is 66.6 Å². The van der Waals surface area contributed by atoms with Gasteiger partial charge in [0.2, 0.25) is 5.91 Å². The van der Waals surface area contributed by atoms with Crippen LogP contribution >= 0.6 is 11.8 Å². The molecule has 0 saturated heterocycles. The van der Waals surface area contributed by atoms with E-state index in [9.17, 15) is 9.59 Å². The zero-order chi connectivity index (χ0) is 20.4. The Labute approximate surface area is 173 Å². The molecule has 0 bridgehead atoms. The van der Waals surface area contributed by atoms with Crippen LogP contribution in [0.2, 0.25) is 0 Å². The lowest BCUT2D eigenvalue weighted by Crippen LogP contribution is -2.46. The van der Waals surface area contributed by atoms with Gasteiger partial charge in [-0.3, -0.25) is 9.59 Å². The van der Waals surface area contributed by atoms with E-state index in [1.165, 1.54) is 19.3 Å². The van der Waals surface area contributed by atoms with Gasteiger partial charge in [0.1, 0.15) is 0 Å². The van der Waals surface area contributed by atoms with Crippen molar-refractivity contribution in [3.63, 3.8) is 0 Å². The molecule has 28 heavy (non-hydrogen) atoms. The summed E-state index contributed by atoms with van der Waals surface area (Å²) in [5, 5.41) is -0.130. The number of amides is 2. The second kappa shape index (κ2) is 8.87. The molecule has 0 radical (unpaired) electrons. The summed E-state index contributed by atoms with van der Waals surface area (Å²) in [5.74, 6) is 0.157. The van der Waals surface area contributed by atoms with Gasteiger partial charge in [0.15, 0.2) is 0 Å². The van der Waals surface area contributed by atoms with Gasteiger partial charge in [-0.25, -0.2) is 0 Å². The summed E-state index contributed by atoms with van der Waals surface area (Å²) < 4.78 is 0. The molecule has 2 N–H and O–H groups in total. The number of carbonyl (C=O) groups is 2. The predicted molar refractivity (Wildman–Crippen MR) is 116 cm³/mol. The fraction of sp³-hybridized carbons (Fsp3) is 0.636. The number of rotatable bonds is 5. The van der Waals surface area contributed by atoms with Crippen LogP contribution in [-0.2, 0) is 4.79 Å². The highest BCUT2D eigenvalue weighted by molar-refractivity contribution is 8.01. The lowest BCUT2D eigenvalue weighted by atomic mass is 9.92. The molecule has 5 nitrogen and oxygen atoms in total. The molecule has 1 heterocycles. The standard InChI is InChI=1S/C22H33N3O2S/c1-14(2)25(17-8-6-5-7-9-17)22(27)18-13-19-20(12-15(18)3)28-16(4)21(26)24(19)11-10-23/h12-14,16-17H,5-11,23H2,1-4H3. The van der Waals surface area contributed by atoms with Gasteiger partial charge >= 0.3 is 0 Å². The van der Waals surface area contributed by atoms with Gasteiger partial charge in [-0.05, 0) is 58.2 Å². The Morgan fingerprint density at radius 1 is 1.29 bits per heavy atom. The smallest absolute Gasteiger partial charge is 0.254 e. The van der Waals surface area contributed by atoms with Crippen molar-refractivity contribution >= 4 is 29.3 Å². The normalized spacial score (nSPS) is 20.4. The number of thioether (sulfide) groups is 1. The number of carbonyl (C=O) groups excluding carboxylic acids is 2. The molecule has 3 rings (SSSR count). The number of benzene rings is 1. The van der Waals surface area contributed by atoms with Crippen LogP contribution < -0.4 is 10.6 Å². The Bertz CT molecular complexity index is 744. The molecule has 1 aromatic carbocycles. The van der Waals surface area contributed by atoms with Crippen LogP contribution in [0, 0.1) is 6.92 Å². The molecular weight excluding hydrogens is 370 g/mol. The average molecular weight is 404 g/mol. The van der Waals surface area contributed by atoms with E-state index in [1.807, 2.05) is 19.9 Å². The van der Waals surface area contributed by atoms with Crippen LogP contribution in [0.3, 0.4) is 0 Å². The third-order valence-electron chi connectivity index (χ3n) is 5.86. The van der Waals surface area contributed by atoms with Gasteiger partial charge in [0, 0.05) is 35.6 Å². The highest BCUT2D eigenvalue weighted by Crippen LogP contribution is 2.41. The molecule has 1 fully saturated rings. The van der Waals surface area contributed by atoms with E-state index in [0.717, 1.165) is 29.0 Å². The maximum atomic E-state index is 13.6. The van der Waals surface area contributed by atoms with Crippen molar-refractivity contribution in [2.45, 2.75) is 82.0 Å². The lowest BCUT2D eigenvalue weighted by molar-refractivity contribution is -0.118. The zero-order valence-corrected chi connectivity index (χ0v) is 18.3. The Morgan fingerprint density at radius 3 is 2.57 bits per heavy atom. The summed E-state index contributed by atoms with van der Waals surface area (Å²) in [6.07, 6.45) is 5.81. The van der Waals surface area contributed by atoms with E-state index in [1.54, 1.807) is 16.7 Å². The van der Waals surface area contributed by atoms with E-state index >= 15 is 0 Å². The second-order valence-corrected chi connectivity index (χ2v) is 9.65. The van der Waals surface area contributed by atoms with Crippen LogP contribution in [0.25, 0.3) is 0 Å². The molecule has 2 aliphatic rings. The third kappa shape index (κ3) is 4.08. The molecule has 1 atom stereocenters. The van der Waals surface area contributed by atoms with Gasteiger partial charge in [-0.15, -0.1) is 11.8 Å². The van der Waals surface area contributed by atoms with Gasteiger partial charge < -0.3 is 15.5 Å². The number of fused-ring (bicyclic) bond motifs is 1. The Kier molecular flexibility index (Phi) is 6.71. The Hall–Kier alpha value is -1.53. The van der Waals surface area contributed by atoms with Crippen molar-refractivity contribution in [1.29, 1.82) is 0 Å². The number of anilines is 1. The van der Waals surface area contributed by atoms with Crippen molar-refractivity contribution in [3.05, 3.63) is 23.3 Å². The van der Waals surface area contributed by atoms with Crippen molar-refractivity contribution in [3.8, 4) is 0 Å². The van der Waals surface area contributed by atoms with Crippen LogP contribution in [-0.4, -0.2) is 47.1 Å². The number of nitrogens with zero attached hydrogens (tertiary/aromatic N) is 2. The van der Waals surface area contributed by atoms with Gasteiger partial charge in [0.25, 0.3) is 5.91 Å². The average Bonchev–Trinajstić information content (AvgIpc) is 2.66. The minimum absolute atomic E-state index is 0.0678. The second-order valence-electron chi connectivity index (χ2n) is 8.27. The van der Waals surface area contributed by atoms with Crippen LogP contribution in [0.4, 0.5) is 5.69 Å². The summed E-state index contributed by atoms with van der Waals surface area (Å²) in [7, 11) is 0. The summed E-state index contributed by atoms with van der Waals surface area (Å²) >= 11 is 1.57. The molecule has 1 saturated carbocycles. The first-order valence-electron chi connectivity index (χ1n) is 10.5. The van der Waals surface area contributed by atoms with Crippen molar-refractivity contribution < 1.29 is 9.59 Å². The van der Waals surface area contributed by atoms with Crippen LogP contribution in [0.1, 0.15) is 68.8 Å². The largest absolute Gasteiger partial charge is 0.333 e. The molecule has 2 amide bonds. The quantitative estimate of drug-likeness (QED) is 0.808. The summed E-state index contributed by atoms with van der Waals surface area (Å²) in [6, 6.07) is 4.46. The molecule has 1 unspecified atom stereocenters. The number of hydrogen-bond donors (Lipinski definition) is 1. The number of aryl methyl sites for hydroxylation is 1. The van der Waals surface area contributed by atoms with Crippen molar-refractivity contribution in [2.24, 2.45) is 5.73 Å². The Morgan fingerprint density at radius 2 is 1.96 bits per heavy atom. The van der Waals surface area contributed by atoms with E-state index in [-0.39, 0.29) is 23.1 Å². The highest BCUT2D eigenvalue weighted by Gasteiger charge is 2.34. The first-order chi connectivity index (χ1) is 13.3. The molecular formula is C22H33N3O2S. The van der Waals surface area contributed by atoms with Gasteiger partial charge in [-0.2, -0.15) is 0 Å². The fourth-order valence-corrected chi connectivity index (χ4v) is 5.61. The lowest BCUT2D eigenvalue weighted by Gasteiger charge is -2.38. The fourth-order valence-electron chi connectivity index (χ4n) is 4.46. The minimum Gasteiger partial charge on any atom is -0.333 e. The number of nitrogens with two attached hydrogens (primary N) is 1. The summed E-state index contributed by atoms with van der Waals surface area (Å²) in [5.41, 5.74) is 8.28. The van der Waals surface area contributed by atoms with E-state index < -0.39 is 0 Å². The molecule has 1 aliphatic carbocycles. The van der Waals surface area contributed by atoms with Crippen LogP contribution in [0.5, 0.6) is 0 Å². The summed E-state index contributed by atoms with van der Waals surface area (Å²) in [4.78, 5) is 31.2. The number of hydrogen-bond acceptors (Lipinski definition) is 4. The third-order valence-corrected chi connectivity index (χ3v) is 6.99. The van der Waals surface area contributed by atoms with Crippen molar-refractivity contribution in [2.75, 3.05) is 18.0 Å². The monoisotopic (exact) mass is 403 g/mol. The SMILES string of the molecule is Cc1cc2c(cc1C(=O)N(C(C)C)C1CCCCC1)N(CCN)C(=O)C(C)S2. The maximum absolute atomic E-state index is 13.6. The molecule has 6 heteroatoms. The van der Waals surface area contributed by atoms with E-state index in [4.69, 9.17) is 5.73 Å². The maximum Gasteiger partial charge on any atom is 0.254 e. The van der Waals surface area contributed by atoms with Crippen LogP contribution in [0.15, 0.2) is 17.0 Å². The molecule has 1 aliphatic heterocycles. The van der Waals surface area contributed by atoms with E-state index in [0.29, 0.717) is 24.7 Å². The first kappa shape index (κ1) is 21.2. The first-order valence-corrected chi connectivity index (χ1v) is 11.4. The Balaban J connectivity index is 1.99. The highest BCUT2D eigenvalue weighted by atomic mass is 32.2. The van der Waals surface area contributed by atoms with E-state index in [2.05, 4.69) is 24.8 Å². The molecule has 0 aromatic heterocycles. The summed E-state index contributed by atoms with van der Waals surface area (Å²) in [6.45, 7) is 9.01.